The molecule has 2 unspecified atom stereocenters. The van der Waals surface area contributed by atoms with Crippen LogP contribution in [0.3, 0.4) is 0 Å². The molecule has 0 saturated heterocycles. The van der Waals surface area contributed by atoms with Crippen LogP contribution in [0.4, 0.5) is 0 Å². The van der Waals surface area contributed by atoms with E-state index in [0.29, 0.717) is 5.92 Å². The molecule has 0 amide bonds. The van der Waals surface area contributed by atoms with Gasteiger partial charge in [0.25, 0.3) is 0 Å². The van der Waals surface area contributed by atoms with Crippen LogP contribution in [0.25, 0.3) is 11.0 Å². The highest BCUT2D eigenvalue weighted by atomic mass is 35.5. The SMILES string of the molecule is CCCn1c(C(N)C(C)CC)nc2cc(Cl)ccc21. The van der Waals surface area contributed by atoms with Gasteiger partial charge in [0.15, 0.2) is 0 Å². The summed E-state index contributed by atoms with van der Waals surface area (Å²) in [5, 5.41) is 0.720. The summed E-state index contributed by atoms with van der Waals surface area (Å²) in [5.41, 5.74) is 8.43. The van der Waals surface area contributed by atoms with E-state index in [1.165, 1.54) is 0 Å². The van der Waals surface area contributed by atoms with Crippen LogP contribution in [0, 0.1) is 5.92 Å². The molecule has 1 aromatic heterocycles. The standard InChI is InChI=1S/C15H22ClN3/c1-4-8-19-13-7-6-11(16)9-12(13)18-15(19)14(17)10(3)5-2/h6-7,9-10,14H,4-5,8,17H2,1-3H3. The summed E-state index contributed by atoms with van der Waals surface area (Å²) in [6, 6.07) is 5.84. The van der Waals surface area contributed by atoms with Crippen molar-refractivity contribution in [1.29, 1.82) is 0 Å². The number of rotatable bonds is 5. The number of aryl methyl sites for hydroxylation is 1. The van der Waals surface area contributed by atoms with Crippen LogP contribution in [0.15, 0.2) is 18.2 Å². The minimum atomic E-state index is -0.0253. The van der Waals surface area contributed by atoms with Crippen LogP contribution >= 0.6 is 11.6 Å². The minimum absolute atomic E-state index is 0.0253. The summed E-state index contributed by atoms with van der Waals surface area (Å²) < 4.78 is 2.24. The Labute approximate surface area is 119 Å². The Morgan fingerprint density at radius 2 is 2.11 bits per heavy atom. The number of nitrogens with zero attached hydrogens (tertiary/aromatic N) is 2. The minimum Gasteiger partial charge on any atom is -0.327 e. The third-order valence-electron chi connectivity index (χ3n) is 3.74. The van der Waals surface area contributed by atoms with E-state index in [1.54, 1.807) is 0 Å². The first-order valence-electron chi connectivity index (χ1n) is 6.99. The van der Waals surface area contributed by atoms with Gasteiger partial charge in [-0.25, -0.2) is 4.98 Å². The zero-order valence-corrected chi connectivity index (χ0v) is 12.6. The van der Waals surface area contributed by atoms with Crippen molar-refractivity contribution in [3.05, 3.63) is 29.0 Å². The predicted octanol–water partition coefficient (Wildman–Crippen LogP) is 4.15. The molecule has 1 heterocycles. The van der Waals surface area contributed by atoms with Gasteiger partial charge in [0.05, 0.1) is 17.1 Å². The summed E-state index contributed by atoms with van der Waals surface area (Å²) >= 11 is 6.05. The molecule has 4 heteroatoms. The van der Waals surface area contributed by atoms with Crippen molar-refractivity contribution in [3.8, 4) is 0 Å². The predicted molar refractivity (Wildman–Crippen MR) is 81.4 cm³/mol. The van der Waals surface area contributed by atoms with Crippen molar-refractivity contribution in [3.63, 3.8) is 0 Å². The Morgan fingerprint density at radius 3 is 2.74 bits per heavy atom. The molecular weight excluding hydrogens is 258 g/mol. The molecule has 0 aliphatic rings. The molecule has 0 spiro atoms. The van der Waals surface area contributed by atoms with Gasteiger partial charge in [-0.15, -0.1) is 0 Å². The molecule has 0 aliphatic carbocycles. The molecule has 0 radical (unpaired) electrons. The van der Waals surface area contributed by atoms with Gasteiger partial charge in [0.2, 0.25) is 0 Å². The third kappa shape index (κ3) is 2.77. The molecular formula is C15H22ClN3. The maximum Gasteiger partial charge on any atom is 0.127 e. The molecule has 2 rings (SSSR count). The molecule has 104 valence electrons. The fraction of sp³-hybridized carbons (Fsp3) is 0.533. The van der Waals surface area contributed by atoms with Crippen LogP contribution < -0.4 is 5.73 Å². The largest absolute Gasteiger partial charge is 0.327 e. The Morgan fingerprint density at radius 1 is 1.37 bits per heavy atom. The van der Waals surface area contributed by atoms with Gasteiger partial charge >= 0.3 is 0 Å². The molecule has 2 atom stereocenters. The summed E-state index contributed by atoms with van der Waals surface area (Å²) in [6.07, 6.45) is 2.12. The number of imidazole rings is 1. The van der Waals surface area contributed by atoms with E-state index in [1.807, 2.05) is 18.2 Å². The normalized spacial score (nSPS) is 14.8. The smallest absolute Gasteiger partial charge is 0.127 e. The van der Waals surface area contributed by atoms with E-state index in [2.05, 4.69) is 25.3 Å². The van der Waals surface area contributed by atoms with Crippen molar-refractivity contribution in [2.75, 3.05) is 0 Å². The van der Waals surface area contributed by atoms with Crippen molar-refractivity contribution >= 4 is 22.6 Å². The molecule has 0 fully saturated rings. The second kappa shape index (κ2) is 5.93. The molecule has 19 heavy (non-hydrogen) atoms. The van der Waals surface area contributed by atoms with E-state index in [9.17, 15) is 0 Å². The lowest BCUT2D eigenvalue weighted by Crippen LogP contribution is -2.23. The van der Waals surface area contributed by atoms with Crippen LogP contribution in [0.5, 0.6) is 0 Å². The van der Waals surface area contributed by atoms with Gasteiger partial charge in [-0.2, -0.15) is 0 Å². The quantitative estimate of drug-likeness (QED) is 0.894. The van der Waals surface area contributed by atoms with Crippen LogP contribution in [-0.2, 0) is 6.54 Å². The lowest BCUT2D eigenvalue weighted by molar-refractivity contribution is 0.424. The van der Waals surface area contributed by atoms with E-state index in [0.717, 1.165) is 41.3 Å². The summed E-state index contributed by atoms with van der Waals surface area (Å²) in [5.74, 6) is 1.40. The van der Waals surface area contributed by atoms with E-state index in [-0.39, 0.29) is 6.04 Å². The van der Waals surface area contributed by atoms with E-state index < -0.39 is 0 Å². The maximum absolute atomic E-state index is 6.37. The van der Waals surface area contributed by atoms with Crippen LogP contribution in [0.2, 0.25) is 5.02 Å². The van der Waals surface area contributed by atoms with Crippen molar-refractivity contribution in [2.24, 2.45) is 11.7 Å². The number of fused-ring (bicyclic) bond motifs is 1. The topological polar surface area (TPSA) is 43.8 Å². The van der Waals surface area contributed by atoms with Gasteiger partial charge in [0, 0.05) is 11.6 Å². The average Bonchev–Trinajstić information content (AvgIpc) is 2.75. The molecule has 2 N–H and O–H groups in total. The molecule has 3 nitrogen and oxygen atoms in total. The number of nitrogens with two attached hydrogens (primary N) is 1. The zero-order valence-electron chi connectivity index (χ0n) is 11.9. The second-order valence-electron chi connectivity index (χ2n) is 5.17. The van der Waals surface area contributed by atoms with Crippen molar-refractivity contribution in [1.82, 2.24) is 9.55 Å². The maximum atomic E-state index is 6.37. The number of benzene rings is 1. The first-order chi connectivity index (χ1) is 9.08. The van der Waals surface area contributed by atoms with E-state index in [4.69, 9.17) is 22.3 Å². The number of aromatic nitrogens is 2. The third-order valence-corrected chi connectivity index (χ3v) is 3.98. The second-order valence-corrected chi connectivity index (χ2v) is 5.60. The average molecular weight is 280 g/mol. The Bertz CT molecular complexity index is 562. The van der Waals surface area contributed by atoms with Crippen LogP contribution in [-0.4, -0.2) is 9.55 Å². The van der Waals surface area contributed by atoms with Gasteiger partial charge in [-0.3, -0.25) is 0 Å². The molecule has 2 aromatic rings. The van der Waals surface area contributed by atoms with Gasteiger partial charge < -0.3 is 10.3 Å². The molecule has 0 aliphatic heterocycles. The van der Waals surface area contributed by atoms with Crippen molar-refractivity contribution < 1.29 is 0 Å². The summed E-state index contributed by atoms with van der Waals surface area (Å²) in [4.78, 5) is 4.71. The number of hydrogen-bond acceptors (Lipinski definition) is 2. The Kier molecular flexibility index (Phi) is 4.48. The fourth-order valence-electron chi connectivity index (χ4n) is 2.34. The highest BCUT2D eigenvalue weighted by Gasteiger charge is 2.20. The fourth-order valence-corrected chi connectivity index (χ4v) is 2.51. The Hall–Kier alpha value is -1.06. The molecule has 0 saturated carbocycles. The Balaban J connectivity index is 2.55. The summed E-state index contributed by atoms with van der Waals surface area (Å²) in [6.45, 7) is 7.44. The highest BCUT2D eigenvalue weighted by Crippen LogP contribution is 2.27. The summed E-state index contributed by atoms with van der Waals surface area (Å²) in [7, 11) is 0. The van der Waals surface area contributed by atoms with Crippen LogP contribution in [0.1, 0.15) is 45.5 Å². The molecule has 0 bridgehead atoms. The number of halogens is 1. The van der Waals surface area contributed by atoms with Gasteiger partial charge in [-0.1, -0.05) is 38.8 Å². The first-order valence-corrected chi connectivity index (χ1v) is 7.37. The first kappa shape index (κ1) is 14.4. The lowest BCUT2D eigenvalue weighted by Gasteiger charge is -2.19. The lowest BCUT2D eigenvalue weighted by atomic mass is 9.99. The zero-order chi connectivity index (χ0) is 14.0. The van der Waals surface area contributed by atoms with Gasteiger partial charge in [-0.05, 0) is 30.5 Å². The van der Waals surface area contributed by atoms with Crippen molar-refractivity contribution in [2.45, 2.75) is 46.2 Å². The highest BCUT2D eigenvalue weighted by molar-refractivity contribution is 6.31. The monoisotopic (exact) mass is 279 g/mol. The van der Waals surface area contributed by atoms with Gasteiger partial charge in [0.1, 0.15) is 5.82 Å². The van der Waals surface area contributed by atoms with E-state index >= 15 is 0 Å². The molecule has 1 aromatic carbocycles. The number of hydrogen-bond donors (Lipinski definition) is 1.